The normalized spacial score (nSPS) is 21.5. The first-order valence-electron chi connectivity index (χ1n) is 10.0. The van der Waals surface area contributed by atoms with Gasteiger partial charge in [-0.2, -0.15) is 0 Å². The minimum atomic E-state index is -0.371. The van der Waals surface area contributed by atoms with Crippen molar-refractivity contribution in [3.05, 3.63) is 47.9 Å². The van der Waals surface area contributed by atoms with Crippen LogP contribution >= 0.6 is 0 Å². The number of carbonyl (C=O) groups is 2. The van der Waals surface area contributed by atoms with Crippen molar-refractivity contribution in [3.8, 4) is 11.5 Å². The molecule has 0 aliphatic carbocycles. The number of furan rings is 1. The van der Waals surface area contributed by atoms with E-state index in [1.165, 1.54) is 6.26 Å². The highest BCUT2D eigenvalue weighted by molar-refractivity contribution is 5.93. The van der Waals surface area contributed by atoms with Gasteiger partial charge < -0.3 is 28.4 Å². The molecule has 0 N–H and O–H groups in total. The van der Waals surface area contributed by atoms with Gasteiger partial charge in [-0.1, -0.05) is 6.07 Å². The summed E-state index contributed by atoms with van der Waals surface area (Å²) in [5, 5.41) is 0. The molecule has 2 fully saturated rings. The lowest BCUT2D eigenvalue weighted by molar-refractivity contribution is -0.139. The summed E-state index contributed by atoms with van der Waals surface area (Å²) in [6.07, 6.45) is 1.48. The van der Waals surface area contributed by atoms with Crippen molar-refractivity contribution in [1.29, 1.82) is 0 Å². The average Bonchev–Trinajstić information content (AvgIpc) is 3.49. The first-order valence-corrected chi connectivity index (χ1v) is 10.0. The zero-order chi connectivity index (χ0) is 21.1. The van der Waals surface area contributed by atoms with Gasteiger partial charge in [-0.05, 0) is 18.2 Å². The number of carbonyl (C=O) groups excluding carboxylic acids is 2. The van der Waals surface area contributed by atoms with Crippen molar-refractivity contribution in [2.24, 2.45) is 5.92 Å². The minimum absolute atomic E-state index is 0.0379. The Bertz CT molecular complexity index is 891. The molecule has 3 heterocycles. The molecule has 1 aromatic heterocycles. The van der Waals surface area contributed by atoms with E-state index >= 15 is 0 Å². The predicted molar refractivity (Wildman–Crippen MR) is 108 cm³/mol. The van der Waals surface area contributed by atoms with E-state index in [1.807, 2.05) is 23.1 Å². The average molecular weight is 414 g/mol. The van der Waals surface area contributed by atoms with Crippen molar-refractivity contribution < 1.29 is 28.2 Å². The van der Waals surface area contributed by atoms with E-state index in [0.717, 1.165) is 5.56 Å². The van der Waals surface area contributed by atoms with Crippen LogP contribution in [0.25, 0.3) is 0 Å². The predicted octanol–water partition coefficient (Wildman–Crippen LogP) is 2.01. The van der Waals surface area contributed by atoms with Gasteiger partial charge in [-0.15, -0.1) is 0 Å². The van der Waals surface area contributed by atoms with Crippen LogP contribution < -0.4 is 9.47 Å². The highest BCUT2D eigenvalue weighted by Crippen LogP contribution is 2.40. The molecule has 160 valence electrons. The lowest BCUT2D eigenvalue weighted by Crippen LogP contribution is -2.45. The summed E-state index contributed by atoms with van der Waals surface area (Å²) in [4.78, 5) is 29.8. The number of morpholine rings is 1. The Morgan fingerprint density at radius 3 is 2.50 bits per heavy atom. The summed E-state index contributed by atoms with van der Waals surface area (Å²) >= 11 is 0. The summed E-state index contributed by atoms with van der Waals surface area (Å²) in [6, 6.07) is 8.91. The Balaban J connectivity index is 1.65. The van der Waals surface area contributed by atoms with Gasteiger partial charge in [0, 0.05) is 43.7 Å². The molecule has 2 aliphatic rings. The molecule has 8 nitrogen and oxygen atoms in total. The quantitative estimate of drug-likeness (QED) is 0.745. The number of amides is 2. The summed E-state index contributed by atoms with van der Waals surface area (Å²) in [5.74, 6) is 0.851. The molecule has 2 amide bonds. The topological polar surface area (TPSA) is 81.5 Å². The van der Waals surface area contributed by atoms with E-state index in [2.05, 4.69) is 0 Å². The molecular formula is C22H26N2O6. The van der Waals surface area contributed by atoms with Gasteiger partial charge in [-0.3, -0.25) is 9.59 Å². The van der Waals surface area contributed by atoms with Gasteiger partial charge in [-0.25, -0.2) is 0 Å². The SMILES string of the molecule is COc1ccc([C@H]2CN(C(=O)c3ccco3)C[C@H]2C(=O)N2CCOCC2)c(OC)c1. The molecule has 0 saturated carbocycles. The molecule has 8 heteroatoms. The summed E-state index contributed by atoms with van der Waals surface area (Å²) in [6.45, 7) is 2.93. The second-order valence-corrected chi connectivity index (χ2v) is 7.45. The molecule has 30 heavy (non-hydrogen) atoms. The number of rotatable bonds is 5. The van der Waals surface area contributed by atoms with Crippen molar-refractivity contribution in [1.82, 2.24) is 9.80 Å². The molecule has 0 unspecified atom stereocenters. The largest absolute Gasteiger partial charge is 0.497 e. The molecule has 2 aromatic rings. The van der Waals surface area contributed by atoms with Crippen LogP contribution in [0.4, 0.5) is 0 Å². The van der Waals surface area contributed by atoms with Gasteiger partial charge in [0.05, 0.1) is 39.6 Å². The van der Waals surface area contributed by atoms with Crippen LogP contribution in [0, 0.1) is 5.92 Å². The molecule has 1 aromatic carbocycles. The van der Waals surface area contributed by atoms with Gasteiger partial charge in [0.15, 0.2) is 5.76 Å². The third-order valence-electron chi connectivity index (χ3n) is 5.82. The maximum Gasteiger partial charge on any atom is 0.289 e. The van der Waals surface area contributed by atoms with E-state index in [0.29, 0.717) is 50.9 Å². The van der Waals surface area contributed by atoms with E-state index in [1.54, 1.807) is 31.3 Å². The van der Waals surface area contributed by atoms with E-state index < -0.39 is 0 Å². The standard InChI is InChI=1S/C22H26N2O6/c1-27-15-5-6-16(20(12-15)28-2)17-13-24(22(26)19-4-3-9-30-19)14-18(17)21(25)23-7-10-29-11-8-23/h3-6,9,12,17-18H,7-8,10-11,13-14H2,1-2H3/t17-,18-/m1/s1. The lowest BCUT2D eigenvalue weighted by atomic mass is 9.87. The first kappa shape index (κ1) is 20.3. The fraction of sp³-hybridized carbons (Fsp3) is 0.455. The lowest BCUT2D eigenvalue weighted by Gasteiger charge is -2.31. The van der Waals surface area contributed by atoms with Crippen molar-refractivity contribution >= 4 is 11.8 Å². The molecular weight excluding hydrogens is 388 g/mol. The fourth-order valence-electron chi connectivity index (χ4n) is 4.23. The van der Waals surface area contributed by atoms with Crippen LogP contribution in [0.1, 0.15) is 22.0 Å². The number of hydrogen-bond acceptors (Lipinski definition) is 6. The number of likely N-dealkylation sites (tertiary alicyclic amines) is 1. The Morgan fingerprint density at radius 1 is 1.03 bits per heavy atom. The summed E-state index contributed by atoms with van der Waals surface area (Å²) in [5.41, 5.74) is 0.889. The van der Waals surface area contributed by atoms with Gasteiger partial charge in [0.2, 0.25) is 5.91 Å². The Kier molecular flexibility index (Phi) is 5.94. The molecule has 0 spiro atoms. The van der Waals surface area contributed by atoms with Crippen LogP contribution in [-0.2, 0) is 9.53 Å². The second-order valence-electron chi connectivity index (χ2n) is 7.45. The number of methoxy groups -OCH3 is 2. The Morgan fingerprint density at radius 2 is 1.83 bits per heavy atom. The summed E-state index contributed by atoms with van der Waals surface area (Å²) in [7, 11) is 3.19. The molecule has 0 radical (unpaired) electrons. The highest BCUT2D eigenvalue weighted by atomic mass is 16.5. The van der Waals surface area contributed by atoms with Crippen molar-refractivity contribution in [3.63, 3.8) is 0 Å². The van der Waals surface area contributed by atoms with E-state index in [9.17, 15) is 9.59 Å². The third kappa shape index (κ3) is 3.87. The van der Waals surface area contributed by atoms with Crippen molar-refractivity contribution in [2.45, 2.75) is 5.92 Å². The van der Waals surface area contributed by atoms with Crippen LogP contribution in [0.3, 0.4) is 0 Å². The molecule has 2 aliphatic heterocycles. The minimum Gasteiger partial charge on any atom is -0.497 e. The van der Waals surface area contributed by atoms with Crippen LogP contribution in [0.5, 0.6) is 11.5 Å². The maximum absolute atomic E-state index is 13.4. The fourth-order valence-corrected chi connectivity index (χ4v) is 4.23. The van der Waals surface area contributed by atoms with Gasteiger partial charge in [0.1, 0.15) is 11.5 Å². The monoisotopic (exact) mass is 414 g/mol. The number of nitrogens with zero attached hydrogens (tertiary/aromatic N) is 2. The molecule has 2 saturated heterocycles. The molecule has 2 atom stereocenters. The van der Waals surface area contributed by atoms with E-state index in [4.69, 9.17) is 18.6 Å². The number of ether oxygens (including phenoxy) is 3. The second kappa shape index (κ2) is 8.79. The van der Waals surface area contributed by atoms with Gasteiger partial charge in [0.25, 0.3) is 5.91 Å². The third-order valence-corrected chi connectivity index (χ3v) is 5.82. The highest BCUT2D eigenvalue weighted by Gasteiger charge is 2.44. The summed E-state index contributed by atoms with van der Waals surface area (Å²) < 4.78 is 21.6. The zero-order valence-electron chi connectivity index (χ0n) is 17.2. The Labute approximate surface area is 175 Å². The first-order chi connectivity index (χ1) is 14.6. The van der Waals surface area contributed by atoms with Gasteiger partial charge >= 0.3 is 0 Å². The number of benzene rings is 1. The number of hydrogen-bond donors (Lipinski definition) is 0. The van der Waals surface area contributed by atoms with E-state index in [-0.39, 0.29) is 29.4 Å². The molecule has 4 rings (SSSR count). The molecule has 0 bridgehead atoms. The van der Waals surface area contributed by atoms with Crippen LogP contribution in [0.15, 0.2) is 41.0 Å². The maximum atomic E-state index is 13.4. The Hall–Kier alpha value is -3.00. The smallest absolute Gasteiger partial charge is 0.289 e. The van der Waals surface area contributed by atoms with Crippen LogP contribution in [0.2, 0.25) is 0 Å². The van der Waals surface area contributed by atoms with Crippen LogP contribution in [-0.4, -0.2) is 75.2 Å². The van der Waals surface area contributed by atoms with Crippen molar-refractivity contribution in [2.75, 3.05) is 53.6 Å². The zero-order valence-corrected chi connectivity index (χ0v) is 17.2.